The molecule has 28 heavy (non-hydrogen) atoms. The van der Waals surface area contributed by atoms with E-state index < -0.39 is 46.9 Å². The van der Waals surface area contributed by atoms with Gasteiger partial charge < -0.3 is 34.5 Å². The van der Waals surface area contributed by atoms with Crippen LogP contribution >= 0.6 is 15.6 Å². The van der Waals surface area contributed by atoms with E-state index in [-0.39, 0.29) is 12.5 Å². The molecule has 158 valence electrons. The van der Waals surface area contributed by atoms with Gasteiger partial charge in [-0.3, -0.25) is 19.0 Å². The van der Waals surface area contributed by atoms with Crippen LogP contribution in [0.25, 0.3) is 0 Å². The van der Waals surface area contributed by atoms with Gasteiger partial charge in [-0.1, -0.05) is 0 Å². The number of nitrogens with zero attached hydrogens (tertiary/aromatic N) is 4. The van der Waals surface area contributed by atoms with Crippen molar-refractivity contribution < 1.29 is 42.5 Å². The van der Waals surface area contributed by atoms with Gasteiger partial charge in [-0.05, 0) is 6.92 Å². The Morgan fingerprint density at radius 2 is 2.07 bits per heavy atom. The van der Waals surface area contributed by atoms with E-state index in [2.05, 4.69) is 24.8 Å². The van der Waals surface area contributed by atoms with Crippen molar-refractivity contribution in [2.75, 3.05) is 13.2 Å². The molecule has 1 fully saturated rings. The second-order valence-electron chi connectivity index (χ2n) is 6.14. The van der Waals surface area contributed by atoms with Gasteiger partial charge in [-0.15, -0.1) is 0 Å². The van der Waals surface area contributed by atoms with Gasteiger partial charge in [0.2, 0.25) is 0 Å². The third kappa shape index (κ3) is 5.23. The summed E-state index contributed by atoms with van der Waals surface area (Å²) in [6.45, 7) is 1.81. The SMILES string of the molecule is CCN=C1NC=NC2C1N=CN2[C@H]1C[C@H](OP(=O)(O)O)[C@@H](COP(=O)(O)O)O1. The Balaban J connectivity index is 1.74. The highest BCUT2D eigenvalue weighted by atomic mass is 31.2. The van der Waals surface area contributed by atoms with Gasteiger partial charge in [0.1, 0.15) is 30.3 Å². The molecular weight excluding hydrogens is 420 g/mol. The molecule has 0 aromatic heterocycles. The quantitative estimate of drug-likeness (QED) is 0.297. The van der Waals surface area contributed by atoms with Gasteiger partial charge in [0.15, 0.2) is 6.17 Å². The van der Waals surface area contributed by atoms with E-state index in [9.17, 15) is 9.13 Å². The predicted octanol–water partition coefficient (Wildman–Crippen LogP) is -1.22. The predicted molar refractivity (Wildman–Crippen MR) is 95.7 cm³/mol. The van der Waals surface area contributed by atoms with Crippen LogP contribution < -0.4 is 5.32 Å². The average Bonchev–Trinajstić information content (AvgIpc) is 3.15. The third-order valence-electron chi connectivity index (χ3n) is 4.19. The number of phosphoric ester groups is 2. The summed E-state index contributed by atoms with van der Waals surface area (Å²) < 4.78 is 37.0. The zero-order chi connectivity index (χ0) is 20.5. The first-order valence-corrected chi connectivity index (χ1v) is 11.4. The lowest BCUT2D eigenvalue weighted by molar-refractivity contribution is -0.0614. The number of nitrogens with one attached hydrogen (secondary N) is 1. The lowest BCUT2D eigenvalue weighted by Crippen LogP contribution is -2.50. The minimum absolute atomic E-state index is 0.00125. The summed E-state index contributed by atoms with van der Waals surface area (Å²) in [5.41, 5.74) is 0. The fourth-order valence-corrected chi connectivity index (χ4v) is 4.05. The highest BCUT2D eigenvalue weighted by molar-refractivity contribution is 7.46. The van der Waals surface area contributed by atoms with Crippen molar-refractivity contribution in [1.82, 2.24) is 10.2 Å². The van der Waals surface area contributed by atoms with Crippen molar-refractivity contribution >= 4 is 34.2 Å². The van der Waals surface area contributed by atoms with Crippen LogP contribution in [-0.2, 0) is 22.9 Å². The van der Waals surface area contributed by atoms with E-state index in [1.165, 1.54) is 12.7 Å². The molecule has 0 radical (unpaired) electrons. The highest BCUT2D eigenvalue weighted by Crippen LogP contribution is 2.44. The average molecular weight is 441 g/mol. The second kappa shape index (κ2) is 8.27. The Bertz CT molecular complexity index is 765. The minimum atomic E-state index is -4.86. The monoisotopic (exact) mass is 441 g/mol. The zero-order valence-electron chi connectivity index (χ0n) is 14.7. The van der Waals surface area contributed by atoms with Crippen molar-refractivity contribution in [3.05, 3.63) is 0 Å². The summed E-state index contributed by atoms with van der Waals surface area (Å²) in [6.07, 6.45) is -0.529. The molecule has 3 aliphatic heterocycles. The number of rotatable bonds is 7. The largest absolute Gasteiger partial charge is 0.469 e. The standard InChI is InChI=1S/C12H21N5O9P2/c1-2-13-11-10-12(15-5-14-11)17(6-16-10)9-3-7(26-28(21,22)23)8(25-9)4-24-27(18,19)20/h5-10,12H,2-4H2,1H3,(H,13,14,15)(H2,18,19,20)(H2,21,22,23)/t7-,8+,9+,10?,12?/m0/s1. The maximum atomic E-state index is 11.2. The number of ether oxygens (including phenoxy) is 1. The molecule has 3 rings (SSSR count). The first kappa shape index (κ1) is 21.5. The lowest BCUT2D eigenvalue weighted by Gasteiger charge is -2.31. The molecule has 3 aliphatic rings. The van der Waals surface area contributed by atoms with E-state index in [1.807, 2.05) is 6.92 Å². The Hall–Kier alpha value is -1.21. The van der Waals surface area contributed by atoms with Crippen LogP contribution in [0, 0.1) is 0 Å². The van der Waals surface area contributed by atoms with Gasteiger partial charge in [-0.25, -0.2) is 14.1 Å². The Morgan fingerprint density at radius 3 is 2.71 bits per heavy atom. The maximum Gasteiger partial charge on any atom is 0.469 e. The maximum absolute atomic E-state index is 11.2. The summed E-state index contributed by atoms with van der Waals surface area (Å²) >= 11 is 0. The topological polar surface area (TPSA) is 195 Å². The summed E-state index contributed by atoms with van der Waals surface area (Å²) in [7, 11) is -9.66. The van der Waals surface area contributed by atoms with Gasteiger partial charge in [0.05, 0.1) is 19.3 Å². The molecule has 0 saturated carbocycles. The Labute approximate surface area is 159 Å². The van der Waals surface area contributed by atoms with Crippen molar-refractivity contribution in [2.24, 2.45) is 15.0 Å². The van der Waals surface area contributed by atoms with Crippen LogP contribution in [-0.4, -0.2) is 86.8 Å². The molecule has 2 unspecified atom stereocenters. The van der Waals surface area contributed by atoms with Crippen molar-refractivity contribution in [3.63, 3.8) is 0 Å². The normalized spacial score (nSPS) is 34.1. The zero-order valence-corrected chi connectivity index (χ0v) is 16.5. The molecule has 3 heterocycles. The van der Waals surface area contributed by atoms with E-state index in [0.29, 0.717) is 12.4 Å². The minimum Gasteiger partial charge on any atom is -0.350 e. The van der Waals surface area contributed by atoms with E-state index in [4.69, 9.17) is 28.8 Å². The summed E-state index contributed by atoms with van der Waals surface area (Å²) in [6, 6.07) is -0.389. The van der Waals surface area contributed by atoms with Crippen molar-refractivity contribution in [2.45, 2.75) is 44.0 Å². The van der Waals surface area contributed by atoms with Gasteiger partial charge in [-0.2, -0.15) is 0 Å². The van der Waals surface area contributed by atoms with Crippen LogP contribution in [0.1, 0.15) is 13.3 Å². The van der Waals surface area contributed by atoms with Crippen molar-refractivity contribution in [3.8, 4) is 0 Å². The molecule has 1 saturated heterocycles. The summed E-state index contributed by atoms with van der Waals surface area (Å²) in [5, 5.41) is 2.93. The van der Waals surface area contributed by atoms with Crippen LogP contribution in [0.4, 0.5) is 0 Å². The molecule has 0 amide bonds. The van der Waals surface area contributed by atoms with Crippen LogP contribution in [0.15, 0.2) is 15.0 Å². The van der Waals surface area contributed by atoms with Gasteiger partial charge >= 0.3 is 15.6 Å². The third-order valence-corrected chi connectivity index (χ3v) is 5.22. The number of phosphoric acid groups is 2. The summed E-state index contributed by atoms with van der Waals surface area (Å²) in [4.78, 5) is 50.6. The molecular formula is C12H21N5O9P2. The Kier molecular flexibility index (Phi) is 6.35. The van der Waals surface area contributed by atoms with Gasteiger partial charge in [0.25, 0.3) is 0 Å². The molecule has 0 bridgehead atoms. The van der Waals surface area contributed by atoms with Crippen LogP contribution in [0.5, 0.6) is 0 Å². The first-order valence-electron chi connectivity index (χ1n) is 8.30. The molecule has 0 aliphatic carbocycles. The second-order valence-corrected chi connectivity index (χ2v) is 8.57. The fourth-order valence-electron chi connectivity index (χ4n) is 3.14. The lowest BCUT2D eigenvalue weighted by atomic mass is 10.1. The summed E-state index contributed by atoms with van der Waals surface area (Å²) in [5.74, 6) is 0.628. The molecule has 5 N–H and O–H groups in total. The smallest absolute Gasteiger partial charge is 0.350 e. The molecule has 0 spiro atoms. The fraction of sp³-hybridized carbons (Fsp3) is 0.750. The number of amidine groups is 1. The van der Waals surface area contributed by atoms with Crippen LogP contribution in [0.2, 0.25) is 0 Å². The highest BCUT2D eigenvalue weighted by Gasteiger charge is 2.47. The molecule has 14 nitrogen and oxygen atoms in total. The number of fused-ring (bicyclic) bond motifs is 1. The van der Waals surface area contributed by atoms with E-state index >= 15 is 0 Å². The molecule has 5 atom stereocenters. The first-order chi connectivity index (χ1) is 13.1. The van der Waals surface area contributed by atoms with Crippen molar-refractivity contribution in [1.29, 1.82) is 0 Å². The molecule has 0 aromatic carbocycles. The number of hydrogen-bond acceptors (Lipinski definition) is 9. The Morgan fingerprint density at radius 1 is 1.32 bits per heavy atom. The number of hydrogen-bond donors (Lipinski definition) is 5. The van der Waals surface area contributed by atoms with Gasteiger partial charge in [0, 0.05) is 13.0 Å². The number of aliphatic imine (C=N–C) groups is 3. The molecule has 0 aromatic rings. The van der Waals surface area contributed by atoms with E-state index in [0.717, 1.165) is 0 Å². The van der Waals surface area contributed by atoms with Crippen LogP contribution in [0.3, 0.4) is 0 Å². The molecule has 16 heteroatoms. The van der Waals surface area contributed by atoms with E-state index in [1.54, 1.807) is 4.90 Å².